The summed E-state index contributed by atoms with van der Waals surface area (Å²) in [4.78, 5) is 0. The number of hydrogen-bond acceptors (Lipinski definition) is 1. The second-order valence-electron chi connectivity index (χ2n) is 2.06. The first-order valence-corrected chi connectivity index (χ1v) is 3.57. The van der Waals surface area contributed by atoms with E-state index in [-0.39, 0.29) is 6.10 Å². The monoisotopic (exact) mass is 128 g/mol. The van der Waals surface area contributed by atoms with Gasteiger partial charge in [-0.25, -0.2) is 0 Å². The van der Waals surface area contributed by atoms with Gasteiger partial charge in [0.1, 0.15) is 0 Å². The Hall–Kier alpha value is -0.0400. The van der Waals surface area contributed by atoms with Crippen LogP contribution in [0, 0.1) is 13.3 Å². The van der Waals surface area contributed by atoms with Crippen LogP contribution in [-0.2, 0) is 4.74 Å². The van der Waals surface area contributed by atoms with E-state index in [0.717, 1.165) is 19.4 Å². The highest BCUT2D eigenvalue weighted by Crippen LogP contribution is 1.96. The zero-order chi connectivity index (χ0) is 7.11. The lowest BCUT2D eigenvalue weighted by molar-refractivity contribution is 0.0963. The molecule has 0 aromatic rings. The van der Waals surface area contributed by atoms with Crippen molar-refractivity contribution in [1.29, 1.82) is 0 Å². The molecule has 0 N–H and O–H groups in total. The Morgan fingerprint density at radius 3 is 2.67 bits per heavy atom. The fourth-order valence-corrected chi connectivity index (χ4v) is 0.440. The van der Waals surface area contributed by atoms with Gasteiger partial charge in [-0.15, -0.1) is 0 Å². The lowest BCUT2D eigenvalue weighted by Crippen LogP contribution is -2.07. The summed E-state index contributed by atoms with van der Waals surface area (Å²) in [6.45, 7) is 8.71. The average Bonchev–Trinajstić information content (AvgIpc) is 1.89. The summed E-state index contributed by atoms with van der Waals surface area (Å²) in [5.74, 6) is 0. The topological polar surface area (TPSA) is 9.23 Å². The first kappa shape index (κ1) is 8.96. The van der Waals surface area contributed by atoms with Crippen molar-refractivity contribution in [3.63, 3.8) is 0 Å². The lowest BCUT2D eigenvalue weighted by Gasteiger charge is -2.08. The Balaban J connectivity index is 2.88. The van der Waals surface area contributed by atoms with E-state index in [9.17, 15) is 0 Å². The molecular formula is C8H16O. The zero-order valence-corrected chi connectivity index (χ0v) is 6.39. The first-order chi connectivity index (χ1) is 4.31. The molecule has 1 atom stereocenters. The Morgan fingerprint density at radius 1 is 1.56 bits per heavy atom. The molecule has 0 heterocycles. The molecule has 9 heavy (non-hydrogen) atoms. The van der Waals surface area contributed by atoms with Gasteiger partial charge < -0.3 is 4.74 Å². The van der Waals surface area contributed by atoms with Gasteiger partial charge in [-0.2, -0.15) is 0 Å². The standard InChI is InChI=1S/C8H16O/c1-4-6-7-9-8(3)5-2/h6,8H,3-5,7H2,1-2H3. The van der Waals surface area contributed by atoms with E-state index in [0.29, 0.717) is 0 Å². The van der Waals surface area contributed by atoms with Crippen LogP contribution in [0.2, 0.25) is 0 Å². The number of unbranched alkanes of at least 4 members (excludes halogenated alkanes) is 1. The fraction of sp³-hybridized carbons (Fsp3) is 0.750. The summed E-state index contributed by atoms with van der Waals surface area (Å²) in [5, 5.41) is 0. The summed E-state index contributed by atoms with van der Waals surface area (Å²) in [7, 11) is 0. The Bertz CT molecular complexity index is 52.5. The molecule has 0 aromatic carbocycles. The van der Waals surface area contributed by atoms with Gasteiger partial charge in [-0.05, 0) is 19.8 Å². The highest BCUT2D eigenvalue weighted by atomic mass is 16.5. The van der Waals surface area contributed by atoms with E-state index in [1.807, 2.05) is 0 Å². The van der Waals surface area contributed by atoms with E-state index in [2.05, 4.69) is 27.2 Å². The quantitative estimate of drug-likeness (QED) is 0.516. The average molecular weight is 128 g/mol. The smallest absolute Gasteiger partial charge is 0.0573 e. The second-order valence-corrected chi connectivity index (χ2v) is 2.06. The molecule has 0 saturated carbocycles. The van der Waals surface area contributed by atoms with Crippen molar-refractivity contribution in [2.45, 2.75) is 32.8 Å². The molecular weight excluding hydrogens is 112 g/mol. The van der Waals surface area contributed by atoms with Gasteiger partial charge in [0.05, 0.1) is 12.7 Å². The van der Waals surface area contributed by atoms with Crippen LogP contribution in [0.25, 0.3) is 0 Å². The molecule has 0 aliphatic heterocycles. The molecule has 0 spiro atoms. The Kier molecular flexibility index (Phi) is 6.06. The number of ether oxygens (including phenoxy) is 1. The molecule has 1 nitrogen and oxygen atoms in total. The third kappa shape index (κ3) is 5.84. The summed E-state index contributed by atoms with van der Waals surface area (Å²) >= 11 is 0. The highest BCUT2D eigenvalue weighted by Gasteiger charge is 1.95. The summed E-state index contributed by atoms with van der Waals surface area (Å²) in [6.07, 6.45) is 4.36. The minimum atomic E-state index is 0.174. The largest absolute Gasteiger partial charge is 0.378 e. The molecule has 2 radical (unpaired) electrons. The summed E-state index contributed by atoms with van der Waals surface area (Å²) in [5.41, 5.74) is 0. The van der Waals surface area contributed by atoms with Crippen LogP contribution >= 0.6 is 0 Å². The molecule has 0 aliphatic rings. The van der Waals surface area contributed by atoms with E-state index in [4.69, 9.17) is 4.74 Å². The molecule has 0 rings (SSSR count). The van der Waals surface area contributed by atoms with Crippen molar-refractivity contribution < 1.29 is 4.74 Å². The van der Waals surface area contributed by atoms with Gasteiger partial charge in [0.15, 0.2) is 0 Å². The van der Waals surface area contributed by atoms with Crippen molar-refractivity contribution in [1.82, 2.24) is 0 Å². The van der Waals surface area contributed by atoms with Gasteiger partial charge in [-0.1, -0.05) is 20.3 Å². The van der Waals surface area contributed by atoms with Crippen molar-refractivity contribution in [3.05, 3.63) is 13.3 Å². The van der Waals surface area contributed by atoms with Crippen molar-refractivity contribution in [2.75, 3.05) is 6.61 Å². The lowest BCUT2D eigenvalue weighted by atomic mass is 10.3. The van der Waals surface area contributed by atoms with Gasteiger partial charge in [0, 0.05) is 0 Å². The van der Waals surface area contributed by atoms with Crippen LogP contribution in [0.15, 0.2) is 0 Å². The van der Waals surface area contributed by atoms with Gasteiger partial charge >= 0.3 is 0 Å². The molecule has 0 amide bonds. The number of rotatable bonds is 5. The van der Waals surface area contributed by atoms with Crippen LogP contribution < -0.4 is 0 Å². The maximum absolute atomic E-state index is 5.26. The van der Waals surface area contributed by atoms with Gasteiger partial charge in [-0.3, -0.25) is 0 Å². The molecule has 0 aliphatic carbocycles. The minimum absolute atomic E-state index is 0.174. The minimum Gasteiger partial charge on any atom is -0.378 e. The van der Waals surface area contributed by atoms with Crippen LogP contribution in [0.3, 0.4) is 0 Å². The van der Waals surface area contributed by atoms with Crippen molar-refractivity contribution in [3.8, 4) is 0 Å². The molecule has 1 heteroatoms. The molecule has 1 unspecified atom stereocenters. The maximum Gasteiger partial charge on any atom is 0.0573 e. The Morgan fingerprint density at radius 2 is 2.22 bits per heavy atom. The highest BCUT2D eigenvalue weighted by molar-refractivity contribution is 4.63. The molecule has 0 bridgehead atoms. The SMILES string of the molecule is [CH2]C(CC)OC[CH]CC. The number of hydrogen-bond donors (Lipinski definition) is 0. The summed E-state index contributed by atoms with van der Waals surface area (Å²) < 4.78 is 5.26. The van der Waals surface area contributed by atoms with Gasteiger partial charge in [0.2, 0.25) is 0 Å². The van der Waals surface area contributed by atoms with Crippen LogP contribution in [0.4, 0.5) is 0 Å². The van der Waals surface area contributed by atoms with Crippen molar-refractivity contribution in [2.24, 2.45) is 0 Å². The third-order valence-corrected chi connectivity index (χ3v) is 1.19. The van der Waals surface area contributed by atoms with Crippen molar-refractivity contribution >= 4 is 0 Å². The van der Waals surface area contributed by atoms with Crippen LogP contribution in [0.1, 0.15) is 26.7 Å². The third-order valence-electron chi connectivity index (χ3n) is 1.19. The Labute approximate surface area is 58.4 Å². The molecule has 0 saturated heterocycles. The van der Waals surface area contributed by atoms with E-state index >= 15 is 0 Å². The van der Waals surface area contributed by atoms with E-state index in [1.54, 1.807) is 0 Å². The normalized spacial score (nSPS) is 13.7. The maximum atomic E-state index is 5.26. The van der Waals surface area contributed by atoms with Crippen LogP contribution in [0.5, 0.6) is 0 Å². The second kappa shape index (κ2) is 6.09. The molecule has 54 valence electrons. The van der Waals surface area contributed by atoms with Crippen LogP contribution in [-0.4, -0.2) is 12.7 Å². The first-order valence-electron chi connectivity index (χ1n) is 3.57. The zero-order valence-electron chi connectivity index (χ0n) is 6.39. The predicted octanol–water partition coefficient (Wildman–Crippen LogP) is 2.23. The van der Waals surface area contributed by atoms with Gasteiger partial charge in [0.25, 0.3) is 0 Å². The van der Waals surface area contributed by atoms with E-state index < -0.39 is 0 Å². The van der Waals surface area contributed by atoms with E-state index in [1.165, 1.54) is 0 Å². The predicted molar refractivity (Wildman–Crippen MR) is 40.0 cm³/mol. The summed E-state index contributed by atoms with van der Waals surface area (Å²) in [6, 6.07) is 0. The molecule has 0 fully saturated rings. The molecule has 0 aromatic heterocycles. The fourth-order valence-electron chi connectivity index (χ4n) is 0.440.